The van der Waals surface area contributed by atoms with Crippen molar-refractivity contribution in [1.29, 1.82) is 5.26 Å². The zero-order valence-electron chi connectivity index (χ0n) is 13.5. The highest BCUT2D eigenvalue weighted by atomic mass is 32.1. The summed E-state index contributed by atoms with van der Waals surface area (Å²) in [6, 6.07) is 12.7. The maximum atomic E-state index is 12.4. The van der Waals surface area contributed by atoms with Crippen LogP contribution in [0, 0.1) is 21.4 Å². The zero-order chi connectivity index (χ0) is 18.7. The van der Waals surface area contributed by atoms with E-state index in [0.29, 0.717) is 27.2 Å². The van der Waals surface area contributed by atoms with Gasteiger partial charge >= 0.3 is 0 Å². The van der Waals surface area contributed by atoms with Crippen LogP contribution in [0.1, 0.15) is 15.9 Å². The number of fused-ring (bicyclic) bond motifs is 1. The minimum atomic E-state index is -0.463. The van der Waals surface area contributed by atoms with Gasteiger partial charge in [-0.2, -0.15) is 10.3 Å². The summed E-state index contributed by atoms with van der Waals surface area (Å²) < 4.78 is 2.44. The number of nitro benzene ring substituents is 1. The lowest BCUT2D eigenvalue weighted by Crippen LogP contribution is -2.16. The number of hydrogen-bond acceptors (Lipinski definition) is 5. The number of aromatic nitrogens is 1. The van der Waals surface area contributed by atoms with Crippen molar-refractivity contribution in [2.45, 2.75) is 6.54 Å². The van der Waals surface area contributed by atoms with Gasteiger partial charge in [0.15, 0.2) is 4.80 Å². The molecule has 1 aromatic heterocycles. The van der Waals surface area contributed by atoms with E-state index in [1.54, 1.807) is 41.0 Å². The predicted molar refractivity (Wildman–Crippen MR) is 97.7 cm³/mol. The lowest BCUT2D eigenvalue weighted by atomic mass is 10.1. The molecule has 2 aromatic carbocycles. The van der Waals surface area contributed by atoms with E-state index in [4.69, 9.17) is 5.26 Å². The van der Waals surface area contributed by atoms with Crippen molar-refractivity contribution in [2.75, 3.05) is 0 Å². The van der Waals surface area contributed by atoms with Gasteiger partial charge in [-0.1, -0.05) is 17.4 Å². The first-order chi connectivity index (χ1) is 12.5. The zero-order valence-corrected chi connectivity index (χ0v) is 14.3. The molecule has 0 bridgehead atoms. The molecule has 26 heavy (non-hydrogen) atoms. The molecule has 128 valence electrons. The molecule has 8 heteroatoms. The molecule has 0 unspecified atom stereocenters. The number of amides is 1. The summed E-state index contributed by atoms with van der Waals surface area (Å²) in [6.07, 6.45) is 1.67. The normalized spacial score (nSPS) is 11.3. The van der Waals surface area contributed by atoms with Crippen LogP contribution in [-0.2, 0) is 6.54 Å². The van der Waals surface area contributed by atoms with Gasteiger partial charge in [-0.25, -0.2) is 0 Å². The third-order valence-electron chi connectivity index (χ3n) is 3.65. The third-order valence-corrected chi connectivity index (χ3v) is 4.69. The molecule has 0 N–H and O–H groups in total. The second-order valence-corrected chi connectivity index (χ2v) is 6.31. The Balaban J connectivity index is 2.12. The summed E-state index contributed by atoms with van der Waals surface area (Å²) in [7, 11) is 0. The Morgan fingerprint density at radius 1 is 1.35 bits per heavy atom. The molecule has 0 atom stereocenters. The monoisotopic (exact) mass is 364 g/mol. The topological polar surface area (TPSA) is 101 Å². The fourth-order valence-electron chi connectivity index (χ4n) is 2.41. The molecule has 1 amide bonds. The largest absolute Gasteiger partial charge is 0.312 e. The van der Waals surface area contributed by atoms with Crippen molar-refractivity contribution < 1.29 is 9.72 Å². The number of allylic oxidation sites excluding steroid dienone is 1. The molecule has 0 radical (unpaired) electrons. The van der Waals surface area contributed by atoms with Gasteiger partial charge < -0.3 is 4.57 Å². The molecular formula is C18H12N4O3S. The number of carbonyl (C=O) groups excluding carboxylic acids is 1. The van der Waals surface area contributed by atoms with Gasteiger partial charge in [0.25, 0.3) is 11.6 Å². The van der Waals surface area contributed by atoms with Crippen LogP contribution in [0.2, 0.25) is 0 Å². The van der Waals surface area contributed by atoms with E-state index in [1.807, 2.05) is 6.07 Å². The van der Waals surface area contributed by atoms with Crippen LogP contribution in [0.3, 0.4) is 0 Å². The van der Waals surface area contributed by atoms with Gasteiger partial charge in [-0.3, -0.25) is 14.9 Å². The van der Waals surface area contributed by atoms with Crippen molar-refractivity contribution in [3.63, 3.8) is 0 Å². The minimum Gasteiger partial charge on any atom is -0.312 e. The number of nitro groups is 1. The van der Waals surface area contributed by atoms with E-state index in [2.05, 4.69) is 11.6 Å². The molecule has 0 fully saturated rings. The van der Waals surface area contributed by atoms with E-state index >= 15 is 0 Å². The van der Waals surface area contributed by atoms with E-state index in [-0.39, 0.29) is 5.69 Å². The Morgan fingerprint density at radius 2 is 2.08 bits per heavy atom. The van der Waals surface area contributed by atoms with E-state index < -0.39 is 10.8 Å². The molecule has 0 saturated heterocycles. The first kappa shape index (κ1) is 17.3. The Kier molecular flexibility index (Phi) is 4.73. The smallest absolute Gasteiger partial charge is 0.279 e. The average molecular weight is 364 g/mol. The highest BCUT2D eigenvalue weighted by Gasteiger charge is 2.12. The van der Waals surface area contributed by atoms with Crippen molar-refractivity contribution in [2.24, 2.45) is 4.99 Å². The second kappa shape index (κ2) is 7.13. The van der Waals surface area contributed by atoms with E-state index in [1.165, 1.54) is 23.5 Å². The number of benzene rings is 2. The van der Waals surface area contributed by atoms with E-state index in [0.717, 1.165) is 5.52 Å². The molecule has 0 saturated carbocycles. The summed E-state index contributed by atoms with van der Waals surface area (Å²) in [4.78, 5) is 27.5. The molecule has 0 aliphatic rings. The molecule has 1 heterocycles. The molecule has 3 aromatic rings. The highest BCUT2D eigenvalue weighted by Crippen LogP contribution is 2.23. The maximum absolute atomic E-state index is 12.4. The number of nitriles is 1. The highest BCUT2D eigenvalue weighted by molar-refractivity contribution is 7.16. The molecular weight excluding hydrogens is 352 g/mol. The number of rotatable bonds is 4. The first-order valence-electron chi connectivity index (χ1n) is 7.51. The summed E-state index contributed by atoms with van der Waals surface area (Å²) in [5.41, 5.74) is 1.54. The van der Waals surface area contributed by atoms with Gasteiger partial charge in [0.2, 0.25) is 0 Å². The van der Waals surface area contributed by atoms with Crippen LogP contribution in [0.25, 0.3) is 10.2 Å². The SMILES string of the molecule is C=CCn1c(=NC(=O)c2ccc(C#N)cc2)sc2cc([N+](=O)[O-])ccc21. The molecule has 3 rings (SSSR count). The van der Waals surface area contributed by atoms with Gasteiger partial charge in [-0.05, 0) is 30.3 Å². The van der Waals surface area contributed by atoms with Gasteiger partial charge in [-0.15, -0.1) is 6.58 Å². The quantitative estimate of drug-likeness (QED) is 0.402. The number of thiazole rings is 1. The number of carbonyl (C=O) groups is 1. The number of non-ortho nitro benzene ring substituents is 1. The standard InChI is InChI=1S/C18H12N4O3S/c1-2-9-21-15-8-7-14(22(24)25)10-16(15)26-18(21)20-17(23)13-5-3-12(11-19)4-6-13/h2-8,10H,1,9H2. The van der Waals surface area contributed by atoms with Gasteiger partial charge in [0.05, 0.1) is 26.8 Å². The Hall–Kier alpha value is -3.57. The van der Waals surface area contributed by atoms with Gasteiger partial charge in [0, 0.05) is 24.2 Å². The Morgan fingerprint density at radius 3 is 2.69 bits per heavy atom. The summed E-state index contributed by atoms with van der Waals surface area (Å²) >= 11 is 1.20. The van der Waals surface area contributed by atoms with Crippen LogP contribution in [0.5, 0.6) is 0 Å². The first-order valence-corrected chi connectivity index (χ1v) is 8.33. The summed E-state index contributed by atoms with van der Waals surface area (Å²) in [5, 5.41) is 19.8. The summed E-state index contributed by atoms with van der Waals surface area (Å²) in [6.45, 7) is 4.12. The van der Waals surface area contributed by atoms with E-state index in [9.17, 15) is 14.9 Å². The Bertz CT molecular complexity index is 1130. The van der Waals surface area contributed by atoms with Crippen molar-refractivity contribution in [1.82, 2.24) is 4.57 Å². The lowest BCUT2D eigenvalue weighted by Gasteiger charge is -2.01. The van der Waals surface area contributed by atoms with Crippen LogP contribution in [0.4, 0.5) is 5.69 Å². The van der Waals surface area contributed by atoms with Crippen LogP contribution in [-0.4, -0.2) is 15.4 Å². The maximum Gasteiger partial charge on any atom is 0.279 e. The van der Waals surface area contributed by atoms with Gasteiger partial charge in [0.1, 0.15) is 0 Å². The lowest BCUT2D eigenvalue weighted by molar-refractivity contribution is -0.384. The number of hydrogen-bond donors (Lipinski definition) is 0. The molecule has 7 nitrogen and oxygen atoms in total. The molecule has 0 spiro atoms. The molecule has 0 aliphatic heterocycles. The van der Waals surface area contributed by atoms with Crippen LogP contribution in [0.15, 0.2) is 60.1 Å². The predicted octanol–water partition coefficient (Wildman–Crippen LogP) is 3.41. The average Bonchev–Trinajstić information content (AvgIpc) is 2.98. The van der Waals surface area contributed by atoms with Crippen LogP contribution < -0.4 is 4.80 Å². The van der Waals surface area contributed by atoms with Crippen LogP contribution >= 0.6 is 11.3 Å². The fraction of sp³-hybridized carbons (Fsp3) is 0.0556. The molecule has 0 aliphatic carbocycles. The Labute approximate surface area is 151 Å². The van der Waals surface area contributed by atoms with Crippen molar-refractivity contribution >= 4 is 33.1 Å². The minimum absolute atomic E-state index is 0.0190. The summed E-state index contributed by atoms with van der Waals surface area (Å²) in [5.74, 6) is -0.451. The fourth-order valence-corrected chi connectivity index (χ4v) is 3.48. The van der Waals surface area contributed by atoms with Crippen molar-refractivity contribution in [3.05, 3.63) is 81.2 Å². The third kappa shape index (κ3) is 3.29. The second-order valence-electron chi connectivity index (χ2n) is 5.30. The number of nitrogens with zero attached hydrogens (tertiary/aromatic N) is 4. The van der Waals surface area contributed by atoms with Crippen molar-refractivity contribution in [3.8, 4) is 6.07 Å².